The fourth-order valence-electron chi connectivity index (χ4n) is 1.05. The van der Waals surface area contributed by atoms with Gasteiger partial charge < -0.3 is 0 Å². The first-order valence-corrected chi connectivity index (χ1v) is 5.37. The number of hydrogen-bond donors (Lipinski definition) is 0. The standard InChI is InChI=1S/C12H24/c1-5-11(3)9-7-8-10-12(4)6-2/h7,9,11-12H,5-6,8,10H2,1-4H3. The quantitative estimate of drug-likeness (QED) is 0.515. The normalized spacial score (nSPS) is 16.7. The topological polar surface area (TPSA) is 0 Å². The summed E-state index contributed by atoms with van der Waals surface area (Å²) in [6.45, 7) is 9.11. The molecule has 12 heavy (non-hydrogen) atoms. The largest absolute Gasteiger partial charge is 0.0883 e. The van der Waals surface area contributed by atoms with Gasteiger partial charge in [-0.25, -0.2) is 0 Å². The second-order valence-corrected chi connectivity index (χ2v) is 3.90. The predicted octanol–water partition coefficient (Wildman–Crippen LogP) is 4.42. The molecule has 0 heterocycles. The highest BCUT2D eigenvalue weighted by Gasteiger charge is 1.95. The van der Waals surface area contributed by atoms with Crippen LogP contribution in [0.1, 0.15) is 53.4 Å². The van der Waals surface area contributed by atoms with Crippen LogP contribution >= 0.6 is 0 Å². The molecule has 0 bridgehead atoms. The third-order valence-electron chi connectivity index (χ3n) is 2.63. The summed E-state index contributed by atoms with van der Waals surface area (Å²) in [5, 5.41) is 0. The molecule has 0 aromatic carbocycles. The van der Waals surface area contributed by atoms with Crippen molar-refractivity contribution in [2.24, 2.45) is 11.8 Å². The zero-order valence-electron chi connectivity index (χ0n) is 9.14. The van der Waals surface area contributed by atoms with Crippen LogP contribution in [0.5, 0.6) is 0 Å². The van der Waals surface area contributed by atoms with Crippen LogP contribution in [0.3, 0.4) is 0 Å². The van der Waals surface area contributed by atoms with Gasteiger partial charge in [0.2, 0.25) is 0 Å². The Morgan fingerprint density at radius 1 is 1.08 bits per heavy atom. The van der Waals surface area contributed by atoms with Crippen molar-refractivity contribution in [2.75, 3.05) is 0 Å². The second-order valence-electron chi connectivity index (χ2n) is 3.90. The minimum absolute atomic E-state index is 0.766. The minimum Gasteiger partial charge on any atom is -0.0883 e. The molecule has 0 saturated heterocycles. The van der Waals surface area contributed by atoms with E-state index in [1.807, 2.05) is 0 Å². The van der Waals surface area contributed by atoms with E-state index >= 15 is 0 Å². The Kier molecular flexibility index (Phi) is 7.23. The summed E-state index contributed by atoms with van der Waals surface area (Å²) in [4.78, 5) is 0. The van der Waals surface area contributed by atoms with E-state index in [2.05, 4.69) is 39.8 Å². The molecular weight excluding hydrogens is 144 g/mol. The lowest BCUT2D eigenvalue weighted by atomic mass is 10.0. The zero-order valence-corrected chi connectivity index (χ0v) is 9.14. The molecule has 0 radical (unpaired) electrons. The van der Waals surface area contributed by atoms with E-state index in [4.69, 9.17) is 0 Å². The monoisotopic (exact) mass is 168 g/mol. The van der Waals surface area contributed by atoms with Gasteiger partial charge in [0.05, 0.1) is 0 Å². The summed E-state index contributed by atoms with van der Waals surface area (Å²) in [7, 11) is 0. The maximum Gasteiger partial charge on any atom is -0.0265 e. The van der Waals surface area contributed by atoms with Crippen molar-refractivity contribution in [1.29, 1.82) is 0 Å². The van der Waals surface area contributed by atoms with E-state index in [1.54, 1.807) is 0 Å². The van der Waals surface area contributed by atoms with Crippen molar-refractivity contribution in [3.63, 3.8) is 0 Å². The third-order valence-corrected chi connectivity index (χ3v) is 2.63. The number of hydrogen-bond acceptors (Lipinski definition) is 0. The molecule has 0 aromatic rings. The maximum absolute atomic E-state index is 2.35. The third kappa shape index (κ3) is 6.45. The van der Waals surface area contributed by atoms with Gasteiger partial charge >= 0.3 is 0 Å². The Balaban J connectivity index is 3.35. The molecule has 0 amide bonds. The Hall–Kier alpha value is -0.260. The van der Waals surface area contributed by atoms with Gasteiger partial charge in [-0.15, -0.1) is 0 Å². The van der Waals surface area contributed by atoms with Gasteiger partial charge in [-0.2, -0.15) is 0 Å². The second kappa shape index (κ2) is 7.39. The maximum atomic E-state index is 2.35. The lowest BCUT2D eigenvalue weighted by molar-refractivity contribution is 0.520. The highest BCUT2D eigenvalue weighted by molar-refractivity contribution is 4.85. The molecule has 0 nitrogen and oxygen atoms in total. The SMILES string of the molecule is CCC(C)C=CCCC(C)CC. The van der Waals surface area contributed by atoms with Crippen molar-refractivity contribution < 1.29 is 0 Å². The molecule has 0 rings (SSSR count). The van der Waals surface area contributed by atoms with Crippen LogP contribution in [0.4, 0.5) is 0 Å². The van der Waals surface area contributed by atoms with E-state index < -0.39 is 0 Å². The van der Waals surface area contributed by atoms with Crippen molar-refractivity contribution in [3.8, 4) is 0 Å². The van der Waals surface area contributed by atoms with Crippen LogP contribution in [-0.2, 0) is 0 Å². The molecule has 0 saturated carbocycles. The average Bonchev–Trinajstić information content (AvgIpc) is 2.11. The Morgan fingerprint density at radius 2 is 1.75 bits per heavy atom. The Labute approximate surface area is 78.1 Å². The van der Waals surface area contributed by atoms with Crippen molar-refractivity contribution in [1.82, 2.24) is 0 Å². The van der Waals surface area contributed by atoms with Gasteiger partial charge in [-0.1, -0.05) is 52.7 Å². The molecule has 72 valence electrons. The van der Waals surface area contributed by atoms with Crippen molar-refractivity contribution >= 4 is 0 Å². The van der Waals surface area contributed by atoms with Gasteiger partial charge in [0.1, 0.15) is 0 Å². The van der Waals surface area contributed by atoms with Gasteiger partial charge in [0.15, 0.2) is 0 Å². The van der Waals surface area contributed by atoms with Crippen molar-refractivity contribution in [3.05, 3.63) is 12.2 Å². The summed E-state index contributed by atoms with van der Waals surface area (Å²) in [6, 6.07) is 0. The highest BCUT2D eigenvalue weighted by Crippen LogP contribution is 2.10. The first kappa shape index (κ1) is 11.7. The zero-order chi connectivity index (χ0) is 9.40. The fraction of sp³-hybridized carbons (Fsp3) is 0.833. The minimum atomic E-state index is 0.766. The van der Waals surface area contributed by atoms with Crippen LogP contribution in [0, 0.1) is 11.8 Å². The van der Waals surface area contributed by atoms with Gasteiger partial charge in [-0.05, 0) is 24.7 Å². The number of rotatable bonds is 6. The Bertz CT molecular complexity index is 113. The smallest absolute Gasteiger partial charge is 0.0265 e. The number of allylic oxidation sites excluding steroid dienone is 2. The molecule has 0 heteroatoms. The van der Waals surface area contributed by atoms with Crippen LogP contribution < -0.4 is 0 Å². The van der Waals surface area contributed by atoms with Crippen LogP contribution in [-0.4, -0.2) is 0 Å². The fourth-order valence-corrected chi connectivity index (χ4v) is 1.05. The molecule has 0 fully saturated rings. The summed E-state index contributed by atoms with van der Waals surface area (Å²) >= 11 is 0. The van der Waals surface area contributed by atoms with E-state index in [0.29, 0.717) is 0 Å². The molecule has 0 aliphatic carbocycles. The van der Waals surface area contributed by atoms with Crippen LogP contribution in [0.2, 0.25) is 0 Å². The lowest BCUT2D eigenvalue weighted by Gasteiger charge is -2.05. The summed E-state index contributed by atoms with van der Waals surface area (Å²) < 4.78 is 0. The molecule has 0 N–H and O–H groups in total. The highest BCUT2D eigenvalue weighted by atomic mass is 14.0. The molecular formula is C12H24. The summed E-state index contributed by atoms with van der Waals surface area (Å²) in [5.74, 6) is 1.66. The van der Waals surface area contributed by atoms with E-state index in [1.165, 1.54) is 25.7 Å². The van der Waals surface area contributed by atoms with Crippen LogP contribution in [0.25, 0.3) is 0 Å². The predicted molar refractivity (Wildman–Crippen MR) is 57.3 cm³/mol. The van der Waals surface area contributed by atoms with E-state index in [9.17, 15) is 0 Å². The average molecular weight is 168 g/mol. The first-order valence-electron chi connectivity index (χ1n) is 5.37. The molecule has 0 aliphatic rings. The molecule has 0 aromatic heterocycles. The van der Waals surface area contributed by atoms with E-state index in [0.717, 1.165) is 11.8 Å². The van der Waals surface area contributed by atoms with Gasteiger partial charge in [0, 0.05) is 0 Å². The molecule has 2 unspecified atom stereocenters. The molecule has 0 aliphatic heterocycles. The molecule has 2 atom stereocenters. The summed E-state index contributed by atoms with van der Waals surface area (Å²) in [6.07, 6.45) is 9.89. The first-order chi connectivity index (χ1) is 5.70. The summed E-state index contributed by atoms with van der Waals surface area (Å²) in [5.41, 5.74) is 0. The van der Waals surface area contributed by atoms with Gasteiger partial charge in [0.25, 0.3) is 0 Å². The van der Waals surface area contributed by atoms with E-state index in [-0.39, 0.29) is 0 Å². The molecule has 0 spiro atoms. The van der Waals surface area contributed by atoms with Crippen LogP contribution in [0.15, 0.2) is 12.2 Å². The lowest BCUT2D eigenvalue weighted by Crippen LogP contribution is -1.90. The van der Waals surface area contributed by atoms with Crippen molar-refractivity contribution in [2.45, 2.75) is 53.4 Å². The van der Waals surface area contributed by atoms with Gasteiger partial charge in [-0.3, -0.25) is 0 Å². The Morgan fingerprint density at radius 3 is 2.25 bits per heavy atom.